The highest BCUT2D eigenvalue weighted by molar-refractivity contribution is 5.94. The third-order valence-electron chi connectivity index (χ3n) is 2.92. The van der Waals surface area contributed by atoms with Crippen LogP contribution in [0.3, 0.4) is 0 Å². The highest BCUT2D eigenvalue weighted by Crippen LogP contribution is 2.12. The van der Waals surface area contributed by atoms with Crippen molar-refractivity contribution < 1.29 is 9.21 Å². The smallest absolute Gasteiger partial charge is 0.336 e. The number of nitrogens with one attached hydrogen (secondary N) is 3. The minimum absolute atomic E-state index is 0.00779. The van der Waals surface area contributed by atoms with Crippen LogP contribution in [0.15, 0.2) is 26.5 Å². The number of rotatable bonds is 3. The first-order valence-corrected chi connectivity index (χ1v) is 6.54. The van der Waals surface area contributed by atoms with Crippen molar-refractivity contribution in [2.75, 3.05) is 5.32 Å². The number of amides is 1. The summed E-state index contributed by atoms with van der Waals surface area (Å²) in [5, 5.41) is 2.43. The van der Waals surface area contributed by atoms with Crippen LogP contribution in [0.1, 0.15) is 19.1 Å². The number of carbonyl (C=O) groups is 1. The Labute approximate surface area is 122 Å². The van der Waals surface area contributed by atoms with Gasteiger partial charge in [-0.2, -0.15) is 0 Å². The number of carbonyl (C=O) groups excluding carboxylic acids is 1. The van der Waals surface area contributed by atoms with E-state index < -0.39 is 17.3 Å². The number of oxazole rings is 1. The number of hydrogen-bond acceptors (Lipinski definition) is 6. The van der Waals surface area contributed by atoms with E-state index in [0.29, 0.717) is 12.2 Å². The first-order valence-electron chi connectivity index (χ1n) is 6.54. The van der Waals surface area contributed by atoms with Crippen LogP contribution in [-0.2, 0) is 6.42 Å². The van der Waals surface area contributed by atoms with Crippen molar-refractivity contribution >= 4 is 23.2 Å². The number of nitrogens with zero attached hydrogens (tertiary/aromatic N) is 3. The fourth-order valence-corrected chi connectivity index (χ4v) is 1.97. The number of aromatic nitrogens is 5. The molecule has 10 nitrogen and oxygen atoms in total. The highest BCUT2D eigenvalue weighted by Gasteiger charge is 2.15. The van der Waals surface area contributed by atoms with Crippen molar-refractivity contribution in [2.45, 2.75) is 19.8 Å². The van der Waals surface area contributed by atoms with E-state index in [4.69, 9.17) is 4.42 Å². The zero-order valence-electron chi connectivity index (χ0n) is 11.5. The lowest BCUT2D eigenvalue weighted by Gasteiger charge is -2.02. The summed E-state index contributed by atoms with van der Waals surface area (Å²) in [6.07, 6.45) is 4.25. The third-order valence-corrected chi connectivity index (χ3v) is 2.92. The van der Waals surface area contributed by atoms with E-state index in [2.05, 4.69) is 20.3 Å². The van der Waals surface area contributed by atoms with E-state index in [9.17, 15) is 14.4 Å². The Morgan fingerprint density at radius 2 is 2.18 bits per heavy atom. The summed E-state index contributed by atoms with van der Waals surface area (Å²) in [6.45, 7) is 1.99. The van der Waals surface area contributed by atoms with Gasteiger partial charge in [-0.05, 0) is 6.42 Å². The maximum atomic E-state index is 12.2. The van der Waals surface area contributed by atoms with Crippen LogP contribution in [0.2, 0.25) is 0 Å². The van der Waals surface area contributed by atoms with Gasteiger partial charge in [0.2, 0.25) is 0 Å². The van der Waals surface area contributed by atoms with Crippen LogP contribution in [-0.4, -0.2) is 30.5 Å². The van der Waals surface area contributed by atoms with E-state index in [1.165, 1.54) is 6.20 Å². The van der Waals surface area contributed by atoms with Crippen LogP contribution in [0.4, 0.5) is 10.8 Å². The number of imidazole rings is 1. The van der Waals surface area contributed by atoms with Crippen LogP contribution < -0.4 is 16.6 Å². The first kappa shape index (κ1) is 13.8. The SMILES string of the molecule is CCCc1cnc(NC(=O)n2cnc3c(=O)[nH]c(=O)[nH]c32)o1. The van der Waals surface area contributed by atoms with Gasteiger partial charge in [0.1, 0.15) is 12.1 Å². The van der Waals surface area contributed by atoms with E-state index >= 15 is 0 Å². The minimum Gasteiger partial charge on any atom is -0.428 e. The van der Waals surface area contributed by atoms with Crippen molar-refractivity contribution in [3.8, 4) is 0 Å². The second kappa shape index (κ2) is 5.31. The lowest BCUT2D eigenvalue weighted by atomic mass is 10.3. The second-order valence-electron chi connectivity index (χ2n) is 4.53. The van der Waals surface area contributed by atoms with Gasteiger partial charge >= 0.3 is 17.7 Å². The Hall–Kier alpha value is -3.17. The van der Waals surface area contributed by atoms with Crippen LogP contribution >= 0.6 is 0 Å². The molecule has 0 fully saturated rings. The van der Waals surface area contributed by atoms with Gasteiger partial charge in [0.15, 0.2) is 11.2 Å². The molecule has 3 aromatic heterocycles. The monoisotopic (exact) mass is 304 g/mol. The zero-order chi connectivity index (χ0) is 15.7. The molecule has 0 aromatic carbocycles. The molecule has 0 saturated heterocycles. The minimum atomic E-state index is -0.728. The molecule has 3 N–H and O–H groups in total. The summed E-state index contributed by atoms with van der Waals surface area (Å²) in [5.74, 6) is 0.651. The predicted molar refractivity (Wildman–Crippen MR) is 75.9 cm³/mol. The maximum Gasteiger partial charge on any atom is 0.336 e. The second-order valence-corrected chi connectivity index (χ2v) is 4.53. The lowest BCUT2D eigenvalue weighted by Crippen LogP contribution is -2.25. The normalized spacial score (nSPS) is 11.0. The van der Waals surface area contributed by atoms with Crippen LogP contribution in [0.25, 0.3) is 11.2 Å². The molecule has 0 bridgehead atoms. The Balaban J connectivity index is 1.92. The molecule has 0 spiro atoms. The summed E-state index contributed by atoms with van der Waals surface area (Å²) >= 11 is 0. The van der Waals surface area contributed by atoms with Crippen LogP contribution in [0, 0.1) is 0 Å². The molecule has 114 valence electrons. The number of H-pyrrole nitrogens is 2. The molecule has 0 radical (unpaired) electrons. The fraction of sp³-hybridized carbons (Fsp3) is 0.250. The van der Waals surface area contributed by atoms with Crippen molar-refractivity contribution in [1.29, 1.82) is 0 Å². The third kappa shape index (κ3) is 2.41. The maximum absolute atomic E-state index is 12.2. The molecule has 0 unspecified atom stereocenters. The van der Waals surface area contributed by atoms with Gasteiger partial charge in [0.05, 0.1) is 6.20 Å². The van der Waals surface area contributed by atoms with E-state index in [1.807, 2.05) is 11.9 Å². The Kier molecular flexibility index (Phi) is 3.33. The molecule has 0 aliphatic carbocycles. The number of anilines is 1. The molecular formula is C12H12N6O4. The standard InChI is InChI=1S/C12H12N6O4/c1-2-3-6-4-13-11(22-6)17-12(21)18-5-14-7-8(18)15-10(20)16-9(7)19/h4-5H,2-3H2,1H3,(H,13,17,21)(H2,15,16,19,20). The number of fused-ring (bicyclic) bond motifs is 1. The van der Waals surface area contributed by atoms with E-state index in [0.717, 1.165) is 17.3 Å². The van der Waals surface area contributed by atoms with Gasteiger partial charge in [-0.15, -0.1) is 0 Å². The molecule has 3 rings (SSSR count). The van der Waals surface area contributed by atoms with Gasteiger partial charge in [-0.3, -0.25) is 20.1 Å². The quantitative estimate of drug-likeness (QED) is 0.641. The Bertz CT molecular complexity index is 946. The molecule has 0 saturated carbocycles. The van der Waals surface area contributed by atoms with Crippen molar-refractivity contribution in [1.82, 2.24) is 24.5 Å². The zero-order valence-corrected chi connectivity index (χ0v) is 11.5. The molecule has 10 heteroatoms. The number of aryl methyl sites for hydroxylation is 1. The summed E-state index contributed by atoms with van der Waals surface area (Å²) in [6, 6.07) is -0.629. The van der Waals surface area contributed by atoms with E-state index in [1.54, 1.807) is 0 Å². The Morgan fingerprint density at radius 1 is 1.36 bits per heavy atom. The molecule has 22 heavy (non-hydrogen) atoms. The summed E-state index contributed by atoms with van der Waals surface area (Å²) in [4.78, 5) is 47.1. The predicted octanol–water partition coefficient (Wildman–Crippen LogP) is 0.434. The molecular weight excluding hydrogens is 292 g/mol. The van der Waals surface area contributed by atoms with Gasteiger partial charge in [0, 0.05) is 6.42 Å². The average Bonchev–Trinajstić information content (AvgIpc) is 3.06. The number of hydrogen-bond donors (Lipinski definition) is 3. The number of aromatic amines is 2. The van der Waals surface area contributed by atoms with Crippen molar-refractivity contribution in [2.24, 2.45) is 0 Å². The van der Waals surface area contributed by atoms with Gasteiger partial charge in [0.25, 0.3) is 5.56 Å². The van der Waals surface area contributed by atoms with Crippen molar-refractivity contribution in [3.63, 3.8) is 0 Å². The van der Waals surface area contributed by atoms with E-state index in [-0.39, 0.29) is 17.2 Å². The highest BCUT2D eigenvalue weighted by atomic mass is 16.4. The molecule has 3 heterocycles. The summed E-state index contributed by atoms with van der Waals surface area (Å²) in [5.41, 5.74) is -1.46. The lowest BCUT2D eigenvalue weighted by molar-refractivity contribution is 0.253. The summed E-state index contributed by atoms with van der Waals surface area (Å²) < 4.78 is 6.33. The van der Waals surface area contributed by atoms with Gasteiger partial charge < -0.3 is 4.42 Å². The topological polar surface area (TPSA) is 139 Å². The Morgan fingerprint density at radius 3 is 2.95 bits per heavy atom. The van der Waals surface area contributed by atoms with Crippen LogP contribution in [0.5, 0.6) is 0 Å². The first-order chi connectivity index (χ1) is 10.6. The average molecular weight is 304 g/mol. The van der Waals surface area contributed by atoms with Gasteiger partial charge in [-0.1, -0.05) is 6.92 Å². The molecule has 3 aromatic rings. The van der Waals surface area contributed by atoms with Crippen molar-refractivity contribution in [3.05, 3.63) is 39.1 Å². The molecule has 0 aliphatic rings. The summed E-state index contributed by atoms with van der Waals surface area (Å²) in [7, 11) is 0. The molecule has 0 aliphatic heterocycles. The van der Waals surface area contributed by atoms with Gasteiger partial charge in [-0.25, -0.2) is 24.1 Å². The molecule has 0 atom stereocenters. The molecule has 1 amide bonds. The fourth-order valence-electron chi connectivity index (χ4n) is 1.97. The largest absolute Gasteiger partial charge is 0.428 e.